The van der Waals surface area contributed by atoms with E-state index in [0.717, 1.165) is 36.8 Å². The molecule has 2 aliphatic rings. The van der Waals surface area contributed by atoms with E-state index in [2.05, 4.69) is 49.7 Å². The Morgan fingerprint density at radius 1 is 1.17 bits per heavy atom. The topological polar surface area (TPSA) is 74.6 Å². The molecule has 2 heterocycles. The van der Waals surface area contributed by atoms with Crippen molar-refractivity contribution in [1.82, 2.24) is 15.1 Å². The summed E-state index contributed by atoms with van der Waals surface area (Å²) in [4.78, 5) is 12.0. The quantitative estimate of drug-likeness (QED) is 0.780. The Labute approximate surface area is 175 Å². The second-order valence-corrected chi connectivity index (χ2v) is 10.4. The van der Waals surface area contributed by atoms with E-state index >= 15 is 0 Å². The highest BCUT2D eigenvalue weighted by Gasteiger charge is 2.52. The summed E-state index contributed by atoms with van der Waals surface area (Å²) in [5, 5.41) is 7.66. The van der Waals surface area contributed by atoms with Crippen LogP contribution >= 0.6 is 0 Å². The van der Waals surface area contributed by atoms with Crippen LogP contribution in [0.4, 0.5) is 4.79 Å². The van der Waals surface area contributed by atoms with Crippen molar-refractivity contribution in [3.05, 3.63) is 11.9 Å². The lowest BCUT2D eigenvalue weighted by Crippen LogP contribution is -2.41. The van der Waals surface area contributed by atoms with Crippen molar-refractivity contribution < 1.29 is 18.8 Å². The number of aromatic nitrogens is 2. The third-order valence-corrected chi connectivity index (χ3v) is 6.35. The summed E-state index contributed by atoms with van der Waals surface area (Å²) < 4.78 is 19.9. The predicted octanol–water partition coefficient (Wildman–Crippen LogP) is 3.50. The van der Waals surface area contributed by atoms with Crippen molar-refractivity contribution in [3.63, 3.8) is 0 Å². The van der Waals surface area contributed by atoms with Gasteiger partial charge in [0.1, 0.15) is 5.60 Å². The summed E-state index contributed by atoms with van der Waals surface area (Å²) in [5.41, 5.74) is 0.886. The number of amides is 1. The van der Waals surface area contributed by atoms with Gasteiger partial charge in [0.15, 0.2) is 0 Å². The molecule has 0 unspecified atom stereocenters. The van der Waals surface area contributed by atoms with Gasteiger partial charge in [0.2, 0.25) is 0 Å². The van der Waals surface area contributed by atoms with Gasteiger partial charge in [0, 0.05) is 23.4 Å². The Morgan fingerprint density at radius 2 is 1.72 bits per heavy atom. The fraction of sp³-hybridized carbons (Fsp3) is 0.810. The van der Waals surface area contributed by atoms with Crippen LogP contribution in [-0.2, 0) is 14.0 Å². The molecule has 3 rings (SSSR count). The van der Waals surface area contributed by atoms with E-state index in [4.69, 9.17) is 14.0 Å². The van der Waals surface area contributed by atoms with Crippen molar-refractivity contribution in [2.45, 2.75) is 110 Å². The van der Waals surface area contributed by atoms with E-state index in [1.54, 1.807) is 0 Å². The van der Waals surface area contributed by atoms with E-state index in [0.29, 0.717) is 6.04 Å². The molecule has 0 aromatic carbocycles. The van der Waals surface area contributed by atoms with E-state index in [-0.39, 0.29) is 30.5 Å². The van der Waals surface area contributed by atoms with Crippen molar-refractivity contribution in [1.29, 1.82) is 0 Å². The predicted molar refractivity (Wildman–Crippen MR) is 113 cm³/mol. The number of carbonyl (C=O) groups is 1. The number of hydrogen-bond donors (Lipinski definition) is 1. The van der Waals surface area contributed by atoms with Crippen molar-refractivity contribution in [2.24, 2.45) is 0 Å². The Hall–Kier alpha value is -1.54. The largest absolute Gasteiger partial charge is 0.498 e. The molecule has 1 saturated heterocycles. The first-order chi connectivity index (χ1) is 13.3. The van der Waals surface area contributed by atoms with Crippen LogP contribution < -0.4 is 10.8 Å². The van der Waals surface area contributed by atoms with Crippen LogP contribution in [0.2, 0.25) is 0 Å². The molecule has 0 spiro atoms. The van der Waals surface area contributed by atoms with Crippen molar-refractivity contribution in [3.8, 4) is 0 Å². The molecule has 29 heavy (non-hydrogen) atoms. The molecule has 162 valence electrons. The first-order valence-corrected chi connectivity index (χ1v) is 10.7. The monoisotopic (exact) mass is 405 g/mol. The van der Waals surface area contributed by atoms with Gasteiger partial charge in [-0.25, -0.2) is 4.79 Å². The molecular formula is C21H36BN3O4. The normalized spacial score (nSPS) is 26.4. The smallest absolute Gasteiger partial charge is 0.444 e. The molecule has 1 aliphatic heterocycles. The van der Waals surface area contributed by atoms with Gasteiger partial charge >= 0.3 is 13.2 Å². The van der Waals surface area contributed by atoms with Gasteiger partial charge in [-0.05, 0) is 81.1 Å². The first-order valence-electron chi connectivity index (χ1n) is 10.7. The van der Waals surface area contributed by atoms with Crippen LogP contribution in [-0.4, -0.2) is 45.8 Å². The number of rotatable bonds is 3. The summed E-state index contributed by atoms with van der Waals surface area (Å²) in [7, 11) is -0.390. The lowest BCUT2D eigenvalue weighted by Gasteiger charge is -2.32. The molecule has 1 amide bonds. The van der Waals surface area contributed by atoms with Crippen LogP contribution in [0.3, 0.4) is 0 Å². The molecule has 7 nitrogen and oxygen atoms in total. The van der Waals surface area contributed by atoms with Crippen LogP contribution in [0.25, 0.3) is 0 Å². The number of hydrogen-bond acceptors (Lipinski definition) is 5. The minimum Gasteiger partial charge on any atom is -0.444 e. The van der Waals surface area contributed by atoms with E-state index in [9.17, 15) is 4.79 Å². The van der Waals surface area contributed by atoms with E-state index in [1.165, 1.54) is 0 Å². The molecule has 1 N–H and O–H groups in total. The standard InChI is InChI=1S/C21H36BN3O4/c1-14-17(22-28-20(5,6)21(7,8)29-22)13-23-25(14)16-11-9-15(10-12-16)24-18(26)27-19(2,3)4/h13,15-16H,9-12H2,1-8H3,(H,24,26)/t15-,16+. The van der Waals surface area contributed by atoms with Gasteiger partial charge in [-0.2, -0.15) is 5.10 Å². The third-order valence-electron chi connectivity index (χ3n) is 6.35. The fourth-order valence-corrected chi connectivity index (χ4v) is 3.95. The molecule has 1 aromatic rings. The van der Waals surface area contributed by atoms with Crippen LogP contribution in [0.1, 0.15) is 85.9 Å². The molecule has 1 aliphatic carbocycles. The highest BCUT2D eigenvalue weighted by molar-refractivity contribution is 6.62. The highest BCUT2D eigenvalue weighted by Crippen LogP contribution is 2.37. The van der Waals surface area contributed by atoms with Gasteiger partial charge in [-0.1, -0.05) is 0 Å². The average Bonchev–Trinajstić information content (AvgIpc) is 3.03. The SMILES string of the molecule is Cc1c(B2OC(C)(C)C(C)(C)O2)cnn1[C@H]1CC[C@@H](NC(=O)OC(C)(C)C)CC1. The van der Waals surface area contributed by atoms with Gasteiger partial charge in [-0.15, -0.1) is 0 Å². The molecule has 0 atom stereocenters. The molecule has 8 heteroatoms. The van der Waals surface area contributed by atoms with Crippen molar-refractivity contribution >= 4 is 18.7 Å². The zero-order valence-corrected chi connectivity index (χ0v) is 19.2. The van der Waals surface area contributed by atoms with Crippen LogP contribution in [0, 0.1) is 6.92 Å². The molecule has 0 radical (unpaired) electrons. The zero-order valence-electron chi connectivity index (χ0n) is 19.2. The second kappa shape index (κ2) is 7.62. The summed E-state index contributed by atoms with van der Waals surface area (Å²) >= 11 is 0. The van der Waals surface area contributed by atoms with Gasteiger partial charge in [-0.3, -0.25) is 4.68 Å². The molecular weight excluding hydrogens is 369 g/mol. The number of ether oxygens (including phenoxy) is 1. The number of nitrogens with one attached hydrogen (secondary N) is 1. The lowest BCUT2D eigenvalue weighted by atomic mass is 9.79. The molecule has 1 aromatic heterocycles. The summed E-state index contributed by atoms with van der Waals surface area (Å²) in [5.74, 6) is 0. The summed E-state index contributed by atoms with van der Waals surface area (Å²) in [6.07, 6.45) is 5.30. The van der Waals surface area contributed by atoms with Gasteiger partial charge in [0.25, 0.3) is 0 Å². The molecule has 0 bridgehead atoms. The van der Waals surface area contributed by atoms with E-state index in [1.807, 2.05) is 27.0 Å². The van der Waals surface area contributed by atoms with E-state index < -0.39 is 5.60 Å². The molecule has 2 fully saturated rings. The van der Waals surface area contributed by atoms with Crippen LogP contribution in [0.15, 0.2) is 6.20 Å². The Morgan fingerprint density at radius 3 is 2.24 bits per heavy atom. The van der Waals surface area contributed by atoms with Crippen LogP contribution in [0.5, 0.6) is 0 Å². The second-order valence-electron chi connectivity index (χ2n) is 10.4. The Bertz CT molecular complexity index is 730. The maximum absolute atomic E-state index is 12.0. The molecule has 1 saturated carbocycles. The number of carbonyl (C=O) groups excluding carboxylic acids is 1. The van der Waals surface area contributed by atoms with Gasteiger partial charge in [0.05, 0.1) is 17.2 Å². The Balaban J connectivity index is 1.59. The maximum atomic E-state index is 12.0. The Kier molecular flexibility index (Phi) is 5.82. The first kappa shape index (κ1) is 22.2. The highest BCUT2D eigenvalue weighted by atomic mass is 16.7. The third kappa shape index (κ3) is 4.80. The maximum Gasteiger partial charge on any atom is 0.498 e. The minimum absolute atomic E-state index is 0.152. The summed E-state index contributed by atoms with van der Waals surface area (Å²) in [6, 6.07) is 0.474. The van der Waals surface area contributed by atoms with Crippen molar-refractivity contribution in [2.75, 3.05) is 0 Å². The fourth-order valence-electron chi connectivity index (χ4n) is 3.95. The number of nitrogens with zero attached hydrogens (tertiary/aromatic N) is 2. The average molecular weight is 405 g/mol. The minimum atomic E-state index is -0.475. The zero-order chi connectivity index (χ0) is 21.6. The number of alkyl carbamates (subject to hydrolysis) is 1. The lowest BCUT2D eigenvalue weighted by molar-refractivity contribution is 0.00578. The van der Waals surface area contributed by atoms with Gasteiger partial charge < -0.3 is 19.4 Å². The summed E-state index contributed by atoms with van der Waals surface area (Å²) in [6.45, 7) is 16.0.